The van der Waals surface area contributed by atoms with E-state index in [9.17, 15) is 14.4 Å². The molecule has 0 spiro atoms. The Morgan fingerprint density at radius 1 is 1.10 bits per heavy atom. The van der Waals surface area contributed by atoms with Gasteiger partial charge in [-0.25, -0.2) is 4.90 Å². The molecule has 2 aliphatic rings. The smallest absolute Gasteiger partial charge is 0.263 e. The SMILES string of the molecule is COc1ccc(N2C(=O)C3N=NN(CC(=O)Nc4cccc(Cl)c4)C3C2=O)cc1OC. The maximum absolute atomic E-state index is 13.1. The van der Waals surface area contributed by atoms with Gasteiger partial charge in [0, 0.05) is 16.8 Å². The Bertz CT molecular complexity index is 1090. The topological polar surface area (TPSA) is 113 Å². The lowest BCUT2D eigenvalue weighted by Gasteiger charge is -2.20. The summed E-state index contributed by atoms with van der Waals surface area (Å²) in [5, 5.41) is 12.2. The Hall–Kier alpha value is -3.66. The highest BCUT2D eigenvalue weighted by Crippen LogP contribution is 2.36. The van der Waals surface area contributed by atoms with E-state index in [0.717, 1.165) is 4.90 Å². The lowest BCUT2D eigenvalue weighted by molar-refractivity contribution is -0.123. The Morgan fingerprint density at radius 3 is 2.58 bits per heavy atom. The van der Waals surface area contributed by atoms with Crippen LogP contribution in [-0.2, 0) is 14.4 Å². The van der Waals surface area contributed by atoms with Gasteiger partial charge in [-0.3, -0.25) is 19.4 Å². The zero-order valence-corrected chi connectivity index (χ0v) is 17.4. The standard InChI is InChI=1S/C20H18ClN5O5/c1-30-14-7-6-13(9-15(14)31-2)26-19(28)17-18(20(26)29)25(24-23-17)10-16(27)22-12-5-3-4-11(21)8-12/h3-9,17-18H,10H2,1-2H3,(H,22,27). The number of ether oxygens (including phenoxy) is 2. The van der Waals surface area contributed by atoms with Crippen molar-refractivity contribution in [2.75, 3.05) is 31.0 Å². The minimum Gasteiger partial charge on any atom is -0.493 e. The molecule has 10 nitrogen and oxygen atoms in total. The van der Waals surface area contributed by atoms with Crippen LogP contribution in [0.4, 0.5) is 11.4 Å². The predicted molar refractivity (Wildman–Crippen MR) is 111 cm³/mol. The van der Waals surface area contributed by atoms with Crippen molar-refractivity contribution in [3.05, 3.63) is 47.5 Å². The average Bonchev–Trinajstić information content (AvgIpc) is 3.27. The molecule has 1 fully saturated rings. The van der Waals surface area contributed by atoms with Crippen molar-refractivity contribution in [3.63, 3.8) is 0 Å². The molecule has 4 rings (SSSR count). The van der Waals surface area contributed by atoms with E-state index in [2.05, 4.69) is 15.7 Å². The molecule has 0 radical (unpaired) electrons. The summed E-state index contributed by atoms with van der Waals surface area (Å²) in [4.78, 5) is 39.4. The van der Waals surface area contributed by atoms with Crippen molar-refractivity contribution in [3.8, 4) is 11.5 Å². The summed E-state index contributed by atoms with van der Waals surface area (Å²) in [6, 6.07) is 9.35. The fourth-order valence-corrected chi connectivity index (χ4v) is 3.68. The normalized spacial score (nSPS) is 19.6. The summed E-state index contributed by atoms with van der Waals surface area (Å²) in [5.74, 6) is -0.639. The fourth-order valence-electron chi connectivity index (χ4n) is 3.49. The molecule has 2 atom stereocenters. The number of hydrogen-bond acceptors (Lipinski definition) is 8. The van der Waals surface area contributed by atoms with E-state index in [0.29, 0.717) is 27.9 Å². The Labute approximate surface area is 182 Å². The van der Waals surface area contributed by atoms with E-state index in [1.807, 2.05) is 0 Å². The number of carbonyl (C=O) groups excluding carboxylic acids is 3. The first-order valence-electron chi connectivity index (χ1n) is 9.25. The number of methoxy groups -OCH3 is 2. The van der Waals surface area contributed by atoms with Gasteiger partial charge in [0.15, 0.2) is 23.6 Å². The molecular weight excluding hydrogens is 426 g/mol. The van der Waals surface area contributed by atoms with Crippen LogP contribution in [0.3, 0.4) is 0 Å². The largest absolute Gasteiger partial charge is 0.493 e. The molecule has 2 aromatic rings. The molecule has 0 saturated carbocycles. The number of imide groups is 1. The molecule has 2 unspecified atom stereocenters. The molecule has 0 aromatic heterocycles. The van der Waals surface area contributed by atoms with E-state index in [1.54, 1.807) is 36.4 Å². The summed E-state index contributed by atoms with van der Waals surface area (Å²) < 4.78 is 10.4. The molecule has 2 aliphatic heterocycles. The predicted octanol–water partition coefficient (Wildman–Crippen LogP) is 2.29. The van der Waals surface area contributed by atoms with E-state index in [4.69, 9.17) is 21.1 Å². The van der Waals surface area contributed by atoms with Crippen LogP contribution in [0.25, 0.3) is 0 Å². The quantitative estimate of drug-likeness (QED) is 0.685. The monoisotopic (exact) mass is 443 g/mol. The maximum atomic E-state index is 13.1. The third kappa shape index (κ3) is 3.77. The van der Waals surface area contributed by atoms with Gasteiger partial charge in [0.05, 0.1) is 19.9 Å². The van der Waals surface area contributed by atoms with Crippen LogP contribution < -0.4 is 19.7 Å². The van der Waals surface area contributed by atoms with Crippen LogP contribution in [0, 0.1) is 0 Å². The first-order valence-corrected chi connectivity index (χ1v) is 9.63. The summed E-state index contributed by atoms with van der Waals surface area (Å²) >= 11 is 5.92. The van der Waals surface area contributed by atoms with E-state index in [1.165, 1.54) is 25.3 Å². The zero-order valence-electron chi connectivity index (χ0n) is 16.6. The molecular formula is C20H18ClN5O5. The van der Waals surface area contributed by atoms with Crippen molar-refractivity contribution in [1.82, 2.24) is 5.01 Å². The summed E-state index contributed by atoms with van der Waals surface area (Å²) in [6.07, 6.45) is 0. The van der Waals surface area contributed by atoms with Crippen molar-refractivity contribution in [1.29, 1.82) is 0 Å². The van der Waals surface area contributed by atoms with Crippen molar-refractivity contribution < 1.29 is 23.9 Å². The summed E-state index contributed by atoms with van der Waals surface area (Å²) in [5.41, 5.74) is 0.826. The number of nitrogens with one attached hydrogen (secondary N) is 1. The second-order valence-electron chi connectivity index (χ2n) is 6.80. The first-order chi connectivity index (χ1) is 14.9. The van der Waals surface area contributed by atoms with Crippen molar-refractivity contribution in [2.45, 2.75) is 12.1 Å². The summed E-state index contributed by atoms with van der Waals surface area (Å²) in [6.45, 7) is -0.254. The Morgan fingerprint density at radius 2 is 1.87 bits per heavy atom. The molecule has 1 saturated heterocycles. The number of anilines is 2. The fraction of sp³-hybridized carbons (Fsp3) is 0.250. The number of rotatable bonds is 6. The third-order valence-corrected chi connectivity index (χ3v) is 5.13. The van der Waals surface area contributed by atoms with Gasteiger partial charge in [-0.15, -0.1) is 0 Å². The van der Waals surface area contributed by atoms with Gasteiger partial charge >= 0.3 is 0 Å². The van der Waals surface area contributed by atoms with E-state index >= 15 is 0 Å². The van der Waals surface area contributed by atoms with Gasteiger partial charge in [0.2, 0.25) is 5.91 Å². The van der Waals surface area contributed by atoms with Gasteiger partial charge < -0.3 is 14.8 Å². The third-order valence-electron chi connectivity index (χ3n) is 4.90. The van der Waals surface area contributed by atoms with Gasteiger partial charge in [-0.1, -0.05) is 22.9 Å². The molecule has 31 heavy (non-hydrogen) atoms. The van der Waals surface area contributed by atoms with Crippen LogP contribution in [0.2, 0.25) is 5.02 Å². The minimum absolute atomic E-state index is 0.254. The molecule has 11 heteroatoms. The highest BCUT2D eigenvalue weighted by atomic mass is 35.5. The van der Waals surface area contributed by atoms with Crippen LogP contribution in [-0.4, -0.2) is 55.6 Å². The van der Waals surface area contributed by atoms with Gasteiger partial charge in [0.25, 0.3) is 11.8 Å². The number of nitrogens with zero attached hydrogens (tertiary/aromatic N) is 4. The Kier molecular flexibility index (Phi) is 5.47. The number of fused-ring (bicyclic) bond motifs is 1. The number of hydrogen-bond donors (Lipinski definition) is 1. The second kappa shape index (κ2) is 8.23. The van der Waals surface area contributed by atoms with Crippen molar-refractivity contribution >= 4 is 40.7 Å². The number of benzene rings is 2. The van der Waals surface area contributed by atoms with Crippen LogP contribution in [0.5, 0.6) is 11.5 Å². The molecule has 3 amide bonds. The molecule has 160 valence electrons. The highest BCUT2D eigenvalue weighted by molar-refractivity contribution is 6.31. The van der Waals surface area contributed by atoms with Crippen molar-refractivity contribution in [2.24, 2.45) is 10.3 Å². The van der Waals surface area contributed by atoms with E-state index < -0.39 is 29.8 Å². The number of halogens is 1. The minimum atomic E-state index is -1.01. The van der Waals surface area contributed by atoms with Crippen LogP contribution >= 0.6 is 11.6 Å². The average molecular weight is 444 g/mol. The van der Waals surface area contributed by atoms with Gasteiger partial charge in [-0.2, -0.15) is 5.11 Å². The lowest BCUT2D eigenvalue weighted by Crippen LogP contribution is -2.43. The molecule has 0 aliphatic carbocycles. The van der Waals surface area contributed by atoms with Gasteiger partial charge in [0.1, 0.15) is 6.54 Å². The van der Waals surface area contributed by atoms with E-state index in [-0.39, 0.29) is 6.54 Å². The molecule has 2 heterocycles. The lowest BCUT2D eigenvalue weighted by atomic mass is 10.1. The summed E-state index contributed by atoms with van der Waals surface area (Å²) in [7, 11) is 2.94. The zero-order chi connectivity index (χ0) is 22.1. The molecule has 1 N–H and O–H groups in total. The van der Waals surface area contributed by atoms with Crippen LogP contribution in [0.15, 0.2) is 52.8 Å². The molecule has 0 bridgehead atoms. The second-order valence-corrected chi connectivity index (χ2v) is 7.24. The number of carbonyl (C=O) groups is 3. The Balaban J connectivity index is 1.51. The number of amides is 3. The maximum Gasteiger partial charge on any atom is 0.263 e. The van der Waals surface area contributed by atoms with Crippen LogP contribution in [0.1, 0.15) is 0 Å². The molecule has 2 aromatic carbocycles. The highest BCUT2D eigenvalue weighted by Gasteiger charge is 2.55. The first kappa shape index (κ1) is 20.6. The van der Waals surface area contributed by atoms with Gasteiger partial charge in [-0.05, 0) is 30.3 Å².